The molecule has 7 nitrogen and oxygen atoms in total. The number of amides is 1. The van der Waals surface area contributed by atoms with Crippen LogP contribution in [0, 0.1) is 0 Å². The first-order valence-electron chi connectivity index (χ1n) is 8.51. The molecular weight excluding hydrogens is 324 g/mol. The summed E-state index contributed by atoms with van der Waals surface area (Å²) in [4.78, 5) is 38.1. The van der Waals surface area contributed by atoms with Crippen LogP contribution in [0.15, 0.2) is 18.3 Å². The maximum atomic E-state index is 11.6. The van der Waals surface area contributed by atoms with E-state index in [1.165, 1.54) is 0 Å². The average Bonchev–Trinajstić information content (AvgIpc) is 2.55. The van der Waals surface area contributed by atoms with Crippen molar-refractivity contribution in [2.24, 2.45) is 0 Å². The number of hydrogen-bond acceptors (Lipinski definition) is 5. The molecule has 1 atom stereocenters. The van der Waals surface area contributed by atoms with Crippen LogP contribution < -0.4 is 5.32 Å². The minimum absolute atomic E-state index is 0.0753. The molecule has 0 fully saturated rings. The molecule has 7 heteroatoms. The maximum Gasteiger partial charge on any atom is 0.407 e. The van der Waals surface area contributed by atoms with Crippen molar-refractivity contribution in [1.82, 2.24) is 10.3 Å². The highest BCUT2D eigenvalue weighted by Crippen LogP contribution is 2.08. The van der Waals surface area contributed by atoms with Gasteiger partial charge in [-0.3, -0.25) is 4.98 Å². The van der Waals surface area contributed by atoms with Crippen molar-refractivity contribution in [2.45, 2.75) is 58.4 Å². The number of nitrogens with zero attached hydrogens (tertiary/aromatic N) is 1. The van der Waals surface area contributed by atoms with Gasteiger partial charge in [0.2, 0.25) is 0 Å². The summed E-state index contributed by atoms with van der Waals surface area (Å²) in [6, 6.07) is 2.51. The van der Waals surface area contributed by atoms with Crippen LogP contribution in [0.2, 0.25) is 0 Å². The van der Waals surface area contributed by atoms with Gasteiger partial charge in [0.05, 0.1) is 6.61 Å². The molecular formula is C18H26N2O5. The maximum absolute atomic E-state index is 11.6. The van der Waals surface area contributed by atoms with Gasteiger partial charge in [-0.2, -0.15) is 0 Å². The number of ether oxygens (including phenoxy) is 1. The molecule has 0 aliphatic heterocycles. The van der Waals surface area contributed by atoms with E-state index in [1.807, 2.05) is 13.0 Å². The fourth-order valence-corrected chi connectivity index (χ4v) is 2.17. The summed E-state index contributed by atoms with van der Waals surface area (Å²) in [7, 11) is 0. The van der Waals surface area contributed by atoms with E-state index >= 15 is 0 Å². The zero-order chi connectivity index (χ0) is 18.7. The molecule has 0 saturated heterocycles. The van der Waals surface area contributed by atoms with Gasteiger partial charge in [0.15, 0.2) is 0 Å². The molecule has 0 spiro atoms. The van der Waals surface area contributed by atoms with Gasteiger partial charge in [0.1, 0.15) is 11.8 Å². The summed E-state index contributed by atoms with van der Waals surface area (Å²) in [5, 5.41) is 11.6. The van der Waals surface area contributed by atoms with Crippen LogP contribution in [-0.4, -0.2) is 40.6 Å². The van der Waals surface area contributed by atoms with E-state index < -0.39 is 18.1 Å². The molecule has 25 heavy (non-hydrogen) atoms. The topological polar surface area (TPSA) is 106 Å². The van der Waals surface area contributed by atoms with Crippen LogP contribution in [0.4, 0.5) is 4.79 Å². The Morgan fingerprint density at radius 1 is 1.28 bits per heavy atom. The SMILES string of the molecule is CCCCOC(=O)N[C@@H](Cc1ccc(CCCC(C)=O)cn1)C(=O)O. The van der Waals surface area contributed by atoms with E-state index in [2.05, 4.69) is 10.3 Å². The van der Waals surface area contributed by atoms with Crippen molar-refractivity contribution in [3.8, 4) is 0 Å². The molecule has 0 radical (unpaired) electrons. The number of aromatic nitrogens is 1. The first-order chi connectivity index (χ1) is 11.9. The van der Waals surface area contributed by atoms with E-state index in [0.717, 1.165) is 31.2 Å². The first kappa shape index (κ1) is 20.6. The lowest BCUT2D eigenvalue weighted by molar-refractivity contribution is -0.139. The highest BCUT2D eigenvalue weighted by atomic mass is 16.5. The minimum Gasteiger partial charge on any atom is -0.480 e. The molecule has 0 bridgehead atoms. The summed E-state index contributed by atoms with van der Waals surface area (Å²) in [6.45, 7) is 3.80. The molecule has 138 valence electrons. The Morgan fingerprint density at radius 2 is 2.04 bits per heavy atom. The van der Waals surface area contributed by atoms with Crippen LogP contribution >= 0.6 is 0 Å². The van der Waals surface area contributed by atoms with Gasteiger partial charge >= 0.3 is 12.1 Å². The van der Waals surface area contributed by atoms with Gasteiger partial charge < -0.3 is 20.0 Å². The molecule has 0 unspecified atom stereocenters. The lowest BCUT2D eigenvalue weighted by Crippen LogP contribution is -2.42. The minimum atomic E-state index is -1.14. The van der Waals surface area contributed by atoms with Crippen molar-refractivity contribution >= 4 is 17.8 Å². The third kappa shape index (κ3) is 8.83. The second-order valence-corrected chi connectivity index (χ2v) is 5.94. The van der Waals surface area contributed by atoms with Crippen LogP contribution in [0.25, 0.3) is 0 Å². The predicted molar refractivity (Wildman–Crippen MR) is 92.4 cm³/mol. The quantitative estimate of drug-likeness (QED) is 0.594. The molecule has 0 aliphatic carbocycles. The Morgan fingerprint density at radius 3 is 2.60 bits per heavy atom. The smallest absolute Gasteiger partial charge is 0.407 e. The average molecular weight is 350 g/mol. The number of carbonyl (C=O) groups excluding carboxylic acids is 2. The number of carboxylic acids is 1. The lowest BCUT2D eigenvalue weighted by Gasteiger charge is -2.14. The number of Topliss-reactive ketones (excluding diaryl/α,β-unsaturated/α-hetero) is 1. The fourth-order valence-electron chi connectivity index (χ4n) is 2.17. The van der Waals surface area contributed by atoms with Crippen LogP contribution in [0.3, 0.4) is 0 Å². The largest absolute Gasteiger partial charge is 0.480 e. The fraction of sp³-hybridized carbons (Fsp3) is 0.556. The third-order valence-corrected chi connectivity index (χ3v) is 3.61. The van der Waals surface area contributed by atoms with E-state index in [9.17, 15) is 19.5 Å². The number of pyridine rings is 1. The summed E-state index contributed by atoms with van der Waals surface area (Å²) >= 11 is 0. The highest BCUT2D eigenvalue weighted by molar-refractivity contribution is 5.80. The van der Waals surface area contributed by atoms with Crippen LogP contribution in [0.5, 0.6) is 0 Å². The summed E-state index contributed by atoms with van der Waals surface area (Å²) in [5.41, 5.74) is 1.56. The van der Waals surface area contributed by atoms with E-state index in [1.54, 1.807) is 19.2 Å². The highest BCUT2D eigenvalue weighted by Gasteiger charge is 2.21. The van der Waals surface area contributed by atoms with E-state index in [-0.39, 0.29) is 18.8 Å². The summed E-state index contributed by atoms with van der Waals surface area (Å²) in [6.07, 6.45) is 4.68. The Kier molecular flexibility index (Phi) is 9.21. The first-order valence-corrected chi connectivity index (χ1v) is 8.51. The van der Waals surface area contributed by atoms with E-state index in [4.69, 9.17) is 4.74 Å². The number of ketones is 1. The Hall–Kier alpha value is -2.44. The normalized spacial score (nSPS) is 11.6. The monoisotopic (exact) mass is 350 g/mol. The molecule has 1 aromatic heterocycles. The number of alkyl carbamates (subject to hydrolysis) is 1. The summed E-state index contributed by atoms with van der Waals surface area (Å²) in [5.74, 6) is -0.981. The van der Waals surface area contributed by atoms with Gasteiger partial charge in [-0.25, -0.2) is 9.59 Å². The van der Waals surface area contributed by atoms with Crippen LogP contribution in [0.1, 0.15) is 50.8 Å². The molecule has 1 rings (SSSR count). The standard InChI is InChI=1S/C18H26N2O5/c1-3-4-10-25-18(24)20-16(17(22)23)11-15-9-8-14(12-19-15)7-5-6-13(2)21/h8-9,12,16H,3-7,10-11H2,1-2H3,(H,20,24)(H,22,23)/t16-/m0/s1. The van der Waals surface area contributed by atoms with Gasteiger partial charge in [0.25, 0.3) is 0 Å². The molecule has 0 aliphatic rings. The second-order valence-electron chi connectivity index (χ2n) is 5.94. The number of nitrogens with one attached hydrogen (secondary N) is 1. The zero-order valence-corrected chi connectivity index (χ0v) is 14.8. The molecule has 0 saturated carbocycles. The number of carbonyl (C=O) groups is 3. The predicted octanol–water partition coefficient (Wildman–Crippen LogP) is 2.52. The van der Waals surface area contributed by atoms with Crippen molar-refractivity contribution in [1.29, 1.82) is 0 Å². The van der Waals surface area contributed by atoms with Crippen LogP contribution in [-0.2, 0) is 27.2 Å². The summed E-state index contributed by atoms with van der Waals surface area (Å²) < 4.78 is 4.92. The number of rotatable bonds is 11. The Bertz CT molecular complexity index is 571. The number of aryl methyl sites for hydroxylation is 1. The zero-order valence-electron chi connectivity index (χ0n) is 14.8. The Labute approximate surface area is 147 Å². The molecule has 1 heterocycles. The molecule has 1 amide bonds. The van der Waals surface area contributed by atoms with Gasteiger partial charge in [-0.1, -0.05) is 19.4 Å². The third-order valence-electron chi connectivity index (χ3n) is 3.61. The van der Waals surface area contributed by atoms with Crippen molar-refractivity contribution in [3.05, 3.63) is 29.6 Å². The number of hydrogen-bond donors (Lipinski definition) is 2. The number of aliphatic carboxylic acids is 1. The molecule has 2 N–H and O–H groups in total. The van der Waals surface area contributed by atoms with Gasteiger partial charge in [-0.05, 0) is 37.8 Å². The molecule has 1 aromatic rings. The lowest BCUT2D eigenvalue weighted by atomic mass is 10.1. The Balaban J connectivity index is 2.53. The number of unbranched alkanes of at least 4 members (excludes halogenated alkanes) is 1. The van der Waals surface area contributed by atoms with Crippen molar-refractivity contribution < 1.29 is 24.2 Å². The van der Waals surface area contributed by atoms with Gasteiger partial charge in [0, 0.05) is 24.7 Å². The molecule has 0 aromatic carbocycles. The van der Waals surface area contributed by atoms with Crippen molar-refractivity contribution in [3.63, 3.8) is 0 Å². The second kappa shape index (κ2) is 11.2. The van der Waals surface area contributed by atoms with E-state index in [0.29, 0.717) is 12.1 Å². The van der Waals surface area contributed by atoms with Crippen molar-refractivity contribution in [2.75, 3.05) is 6.61 Å². The van der Waals surface area contributed by atoms with Gasteiger partial charge in [-0.15, -0.1) is 0 Å². The number of carboxylic acid groups (broad SMARTS) is 1.